The zero-order chi connectivity index (χ0) is 15.2. The monoisotopic (exact) mass is 411 g/mol. The summed E-state index contributed by atoms with van der Waals surface area (Å²) in [5.41, 5.74) is 1.72. The van der Waals surface area contributed by atoms with E-state index >= 15 is 0 Å². The fourth-order valence-electron chi connectivity index (χ4n) is 1.59. The highest BCUT2D eigenvalue weighted by molar-refractivity contribution is 9.11. The van der Waals surface area contributed by atoms with E-state index in [1.807, 2.05) is 42.5 Å². The van der Waals surface area contributed by atoms with Gasteiger partial charge in [-0.05, 0) is 61.7 Å². The predicted molar refractivity (Wildman–Crippen MR) is 88.7 cm³/mol. The van der Waals surface area contributed by atoms with Gasteiger partial charge in [0.15, 0.2) is 6.61 Å². The zero-order valence-corrected chi connectivity index (χ0v) is 14.0. The van der Waals surface area contributed by atoms with Crippen LogP contribution in [0.15, 0.2) is 56.4 Å². The maximum Gasteiger partial charge on any atom is 0.341 e. The lowest BCUT2D eigenvalue weighted by Gasteiger charge is -2.09. The molecule has 0 aliphatic carbocycles. The zero-order valence-electron chi connectivity index (χ0n) is 10.8. The molecule has 0 spiro atoms. The van der Waals surface area contributed by atoms with Crippen molar-refractivity contribution in [1.29, 1.82) is 0 Å². The molecular formula is C15H11Br2NO3. The minimum Gasteiger partial charge on any atom is -0.480 e. The molecule has 108 valence electrons. The van der Waals surface area contributed by atoms with Crippen molar-refractivity contribution < 1.29 is 14.6 Å². The van der Waals surface area contributed by atoms with Crippen molar-refractivity contribution in [2.24, 2.45) is 4.99 Å². The molecule has 4 nitrogen and oxygen atoms in total. The summed E-state index contributed by atoms with van der Waals surface area (Å²) < 4.78 is 6.53. The molecule has 0 aliphatic rings. The highest BCUT2D eigenvalue weighted by Crippen LogP contribution is 2.34. The first kappa shape index (κ1) is 15.7. The fourth-order valence-corrected chi connectivity index (χ4v) is 3.04. The average Bonchev–Trinajstić information content (AvgIpc) is 2.45. The molecule has 2 rings (SSSR count). The third kappa shape index (κ3) is 4.68. The van der Waals surface area contributed by atoms with Crippen molar-refractivity contribution in [3.63, 3.8) is 0 Å². The van der Waals surface area contributed by atoms with Crippen LogP contribution in [0.25, 0.3) is 0 Å². The number of ether oxygens (including phenoxy) is 1. The third-order valence-electron chi connectivity index (χ3n) is 2.48. The van der Waals surface area contributed by atoms with Crippen molar-refractivity contribution in [1.82, 2.24) is 0 Å². The van der Waals surface area contributed by atoms with Crippen molar-refractivity contribution in [3.05, 3.63) is 57.0 Å². The topological polar surface area (TPSA) is 58.9 Å². The Kier molecular flexibility index (Phi) is 5.52. The number of hydrogen-bond donors (Lipinski definition) is 1. The number of aliphatic imine (C=N–C) groups is 1. The average molecular weight is 413 g/mol. The molecule has 0 heterocycles. The van der Waals surface area contributed by atoms with Crippen molar-refractivity contribution in [2.45, 2.75) is 0 Å². The number of hydrogen-bond acceptors (Lipinski definition) is 3. The van der Waals surface area contributed by atoms with Gasteiger partial charge in [-0.3, -0.25) is 4.99 Å². The van der Waals surface area contributed by atoms with Crippen molar-refractivity contribution in [2.75, 3.05) is 6.61 Å². The Balaban J connectivity index is 2.19. The first-order valence-electron chi connectivity index (χ1n) is 5.99. The second-order valence-electron chi connectivity index (χ2n) is 4.09. The lowest BCUT2D eigenvalue weighted by Crippen LogP contribution is -2.10. The molecule has 2 aromatic carbocycles. The summed E-state index contributed by atoms with van der Waals surface area (Å²) in [5, 5.41) is 8.64. The quantitative estimate of drug-likeness (QED) is 0.739. The van der Waals surface area contributed by atoms with Crippen LogP contribution < -0.4 is 4.74 Å². The van der Waals surface area contributed by atoms with Gasteiger partial charge in [-0.2, -0.15) is 0 Å². The third-order valence-corrected chi connectivity index (χ3v) is 3.66. The minimum atomic E-state index is -1.02. The Bertz CT molecular complexity index is 649. The van der Waals surface area contributed by atoms with Gasteiger partial charge in [0.2, 0.25) is 0 Å². The Morgan fingerprint density at radius 3 is 2.38 bits per heavy atom. The molecule has 0 saturated carbocycles. The van der Waals surface area contributed by atoms with Crippen molar-refractivity contribution in [3.8, 4) is 5.75 Å². The summed E-state index contributed by atoms with van der Waals surface area (Å²) >= 11 is 6.73. The van der Waals surface area contributed by atoms with Crippen LogP contribution in [0.1, 0.15) is 5.56 Å². The summed E-state index contributed by atoms with van der Waals surface area (Å²) in [5.74, 6) is -0.572. The highest BCUT2D eigenvalue weighted by Gasteiger charge is 2.10. The molecule has 0 bridgehead atoms. The van der Waals surface area contributed by atoms with Crippen LogP contribution >= 0.6 is 31.9 Å². The fraction of sp³-hybridized carbons (Fsp3) is 0.0667. The highest BCUT2D eigenvalue weighted by atomic mass is 79.9. The van der Waals surface area contributed by atoms with Gasteiger partial charge in [0.1, 0.15) is 5.75 Å². The number of rotatable bonds is 5. The van der Waals surface area contributed by atoms with Crippen LogP contribution in [-0.2, 0) is 4.79 Å². The molecule has 0 aromatic heterocycles. The van der Waals surface area contributed by atoms with Crippen LogP contribution in [0.2, 0.25) is 0 Å². The predicted octanol–water partition coefficient (Wildman–Crippen LogP) is 4.43. The van der Waals surface area contributed by atoms with E-state index < -0.39 is 12.6 Å². The summed E-state index contributed by atoms with van der Waals surface area (Å²) in [7, 11) is 0. The number of aliphatic carboxylic acids is 1. The summed E-state index contributed by atoms with van der Waals surface area (Å²) in [6.07, 6.45) is 1.73. The summed E-state index contributed by atoms with van der Waals surface area (Å²) in [6, 6.07) is 13.2. The van der Waals surface area contributed by atoms with Gasteiger partial charge >= 0.3 is 5.97 Å². The number of carboxylic acid groups (broad SMARTS) is 1. The Hall–Kier alpha value is -1.66. The van der Waals surface area contributed by atoms with Gasteiger partial charge < -0.3 is 9.84 Å². The SMILES string of the molecule is O=C(O)COc1c(Br)cc(C=Nc2ccccc2)cc1Br. The Morgan fingerprint density at radius 1 is 1.19 bits per heavy atom. The lowest BCUT2D eigenvalue weighted by molar-refractivity contribution is -0.139. The molecule has 0 atom stereocenters. The maximum absolute atomic E-state index is 10.5. The van der Waals surface area contributed by atoms with E-state index in [0.29, 0.717) is 14.7 Å². The molecular weight excluding hydrogens is 402 g/mol. The summed E-state index contributed by atoms with van der Waals surface area (Å²) in [4.78, 5) is 14.9. The molecule has 0 unspecified atom stereocenters. The molecule has 21 heavy (non-hydrogen) atoms. The molecule has 0 radical (unpaired) electrons. The molecule has 0 amide bonds. The van der Waals surface area contributed by atoms with Crippen LogP contribution in [0.4, 0.5) is 5.69 Å². The van der Waals surface area contributed by atoms with Gasteiger partial charge in [0.25, 0.3) is 0 Å². The summed E-state index contributed by atoms with van der Waals surface area (Å²) in [6.45, 7) is -0.394. The largest absolute Gasteiger partial charge is 0.480 e. The number of carbonyl (C=O) groups is 1. The second-order valence-corrected chi connectivity index (χ2v) is 5.80. The first-order valence-corrected chi connectivity index (χ1v) is 7.57. The molecule has 1 N–H and O–H groups in total. The van der Waals surface area contributed by atoms with Crippen LogP contribution in [0.5, 0.6) is 5.75 Å². The van der Waals surface area contributed by atoms with Crippen LogP contribution in [0.3, 0.4) is 0 Å². The van der Waals surface area contributed by atoms with E-state index in [4.69, 9.17) is 9.84 Å². The van der Waals surface area contributed by atoms with E-state index in [1.165, 1.54) is 0 Å². The number of carboxylic acids is 1. The van der Waals surface area contributed by atoms with E-state index in [2.05, 4.69) is 36.9 Å². The molecule has 6 heteroatoms. The minimum absolute atomic E-state index is 0.394. The van der Waals surface area contributed by atoms with E-state index in [0.717, 1.165) is 11.3 Å². The number of nitrogens with zero attached hydrogens (tertiary/aromatic N) is 1. The number of halogens is 2. The van der Waals surface area contributed by atoms with Crippen LogP contribution in [0, 0.1) is 0 Å². The van der Waals surface area contributed by atoms with Gasteiger partial charge in [0.05, 0.1) is 14.6 Å². The first-order chi connectivity index (χ1) is 10.1. The molecule has 0 fully saturated rings. The van der Waals surface area contributed by atoms with Gasteiger partial charge in [-0.1, -0.05) is 18.2 Å². The van der Waals surface area contributed by atoms with E-state index in [1.54, 1.807) is 6.21 Å². The van der Waals surface area contributed by atoms with Gasteiger partial charge in [-0.25, -0.2) is 4.79 Å². The molecule has 0 aliphatic heterocycles. The normalized spacial score (nSPS) is 10.8. The van der Waals surface area contributed by atoms with Gasteiger partial charge in [-0.15, -0.1) is 0 Å². The lowest BCUT2D eigenvalue weighted by atomic mass is 10.2. The number of para-hydroxylation sites is 1. The molecule has 0 saturated heterocycles. The smallest absolute Gasteiger partial charge is 0.341 e. The number of benzene rings is 2. The standard InChI is InChI=1S/C15H11Br2NO3/c16-12-6-10(8-18-11-4-2-1-3-5-11)7-13(17)15(12)21-9-14(19)20/h1-8H,9H2,(H,19,20). The Labute approximate surface area is 138 Å². The van der Waals surface area contributed by atoms with Crippen molar-refractivity contribution >= 4 is 49.7 Å². The van der Waals surface area contributed by atoms with E-state index in [9.17, 15) is 4.79 Å². The van der Waals surface area contributed by atoms with Gasteiger partial charge in [0, 0.05) is 6.21 Å². The Morgan fingerprint density at radius 2 is 1.81 bits per heavy atom. The maximum atomic E-state index is 10.5. The second kappa shape index (κ2) is 7.38. The van der Waals surface area contributed by atoms with E-state index in [-0.39, 0.29) is 0 Å². The molecule has 2 aromatic rings. The van der Waals surface area contributed by atoms with Crippen LogP contribution in [-0.4, -0.2) is 23.9 Å².